The standard InChI is InChI=1S/C57H43N5/c1-5-18-40(19-6-1)43-22-15-24-45(38-43)50-31-17-32-52-51-30-13-14-33-53(51)62(54(50)52)57-59-55(42-20-7-2-8-21-42)58-56(60-57)46-25-16-23-44(39-46)41-34-36-49(37-35-41)61(47-26-9-3-10-27-47)48-28-11-4-12-29-48/h1-39,56-57,60H,(H,58,59). The number of anilines is 3. The SMILES string of the molecule is c1ccc(C2=NC(n3c4ccccc4c4cccc(-c5cccc(-c6ccccc6)c5)c43)NC(c3cccc(-c4ccc(N(c5ccccc5)c5ccccc5)cc4)c3)N2)cc1. The highest BCUT2D eigenvalue weighted by atomic mass is 15.4. The van der Waals surface area contributed by atoms with Crippen molar-refractivity contribution in [3.05, 3.63) is 248 Å². The molecule has 2 heterocycles. The monoisotopic (exact) mass is 797 g/mol. The highest BCUT2D eigenvalue weighted by Gasteiger charge is 2.29. The van der Waals surface area contributed by atoms with Gasteiger partial charge in [-0.3, -0.25) is 5.32 Å². The minimum Gasteiger partial charge on any atom is -0.350 e. The number of benzene rings is 9. The lowest BCUT2D eigenvalue weighted by Gasteiger charge is -2.33. The highest BCUT2D eigenvalue weighted by molar-refractivity contribution is 6.13. The molecule has 2 unspecified atom stereocenters. The Bertz CT molecular complexity index is 3140. The zero-order valence-corrected chi connectivity index (χ0v) is 34.0. The summed E-state index contributed by atoms with van der Waals surface area (Å²) in [6.45, 7) is 0. The summed E-state index contributed by atoms with van der Waals surface area (Å²) in [5.41, 5.74) is 14.7. The molecule has 0 spiro atoms. The van der Waals surface area contributed by atoms with Crippen LogP contribution in [0.25, 0.3) is 55.2 Å². The molecule has 0 amide bonds. The lowest BCUT2D eigenvalue weighted by atomic mass is 9.97. The largest absolute Gasteiger partial charge is 0.350 e. The number of rotatable bonds is 9. The van der Waals surface area contributed by atoms with E-state index in [1.165, 1.54) is 21.9 Å². The van der Waals surface area contributed by atoms with Gasteiger partial charge in [-0.25, -0.2) is 4.99 Å². The van der Waals surface area contributed by atoms with Crippen LogP contribution in [0.15, 0.2) is 242 Å². The number of nitrogens with one attached hydrogen (secondary N) is 2. The summed E-state index contributed by atoms with van der Waals surface area (Å²) in [6.07, 6.45) is -0.675. The number of aliphatic imine (C=N–C) groups is 1. The number of amidine groups is 1. The zero-order chi connectivity index (χ0) is 41.2. The maximum atomic E-state index is 5.48. The van der Waals surface area contributed by atoms with Crippen LogP contribution in [0.1, 0.15) is 23.6 Å². The van der Waals surface area contributed by atoms with E-state index >= 15 is 0 Å². The van der Waals surface area contributed by atoms with Gasteiger partial charge in [0.25, 0.3) is 0 Å². The fraction of sp³-hybridized carbons (Fsp3) is 0.0351. The van der Waals surface area contributed by atoms with Gasteiger partial charge in [0.1, 0.15) is 12.0 Å². The van der Waals surface area contributed by atoms with Crippen molar-refractivity contribution in [3.8, 4) is 33.4 Å². The number of fused-ring (bicyclic) bond motifs is 3. The van der Waals surface area contributed by atoms with Gasteiger partial charge in [-0.15, -0.1) is 0 Å². The van der Waals surface area contributed by atoms with E-state index in [2.05, 4.69) is 257 Å². The predicted octanol–water partition coefficient (Wildman–Crippen LogP) is 14.1. The van der Waals surface area contributed by atoms with Crippen molar-refractivity contribution in [2.75, 3.05) is 4.90 Å². The molecule has 296 valence electrons. The van der Waals surface area contributed by atoms with E-state index in [1.807, 2.05) is 0 Å². The van der Waals surface area contributed by atoms with Crippen LogP contribution >= 0.6 is 0 Å². The highest BCUT2D eigenvalue weighted by Crippen LogP contribution is 2.41. The van der Waals surface area contributed by atoms with Crippen LogP contribution in [0, 0.1) is 0 Å². The van der Waals surface area contributed by atoms with Gasteiger partial charge in [0.2, 0.25) is 0 Å². The molecule has 62 heavy (non-hydrogen) atoms. The van der Waals surface area contributed by atoms with Crippen LogP contribution < -0.4 is 15.5 Å². The summed E-state index contributed by atoms with van der Waals surface area (Å²) in [5.74, 6) is 0.838. The first-order chi connectivity index (χ1) is 30.7. The molecule has 2 atom stereocenters. The second kappa shape index (κ2) is 16.2. The lowest BCUT2D eigenvalue weighted by Crippen LogP contribution is -2.46. The fourth-order valence-electron chi connectivity index (χ4n) is 8.93. The van der Waals surface area contributed by atoms with Crippen molar-refractivity contribution in [2.24, 2.45) is 4.99 Å². The minimum atomic E-state index is -0.429. The van der Waals surface area contributed by atoms with Crippen LogP contribution in [-0.4, -0.2) is 10.4 Å². The second-order valence-corrected chi connectivity index (χ2v) is 15.7. The van der Waals surface area contributed by atoms with Gasteiger partial charge < -0.3 is 14.8 Å². The molecule has 0 saturated heterocycles. The van der Waals surface area contributed by atoms with Gasteiger partial charge in [-0.05, 0) is 88.0 Å². The second-order valence-electron chi connectivity index (χ2n) is 15.7. The molecule has 2 N–H and O–H groups in total. The zero-order valence-electron chi connectivity index (χ0n) is 34.0. The van der Waals surface area contributed by atoms with Crippen molar-refractivity contribution in [2.45, 2.75) is 12.5 Å². The van der Waals surface area contributed by atoms with Gasteiger partial charge in [0.15, 0.2) is 6.29 Å². The molecule has 10 aromatic rings. The number of hydrogen-bond acceptors (Lipinski definition) is 4. The molecule has 0 radical (unpaired) electrons. The molecule has 9 aromatic carbocycles. The third kappa shape index (κ3) is 7.00. The van der Waals surface area contributed by atoms with Crippen LogP contribution in [-0.2, 0) is 0 Å². The predicted molar refractivity (Wildman–Crippen MR) is 258 cm³/mol. The summed E-state index contributed by atoms with van der Waals surface area (Å²) < 4.78 is 2.40. The molecule has 1 aliphatic rings. The van der Waals surface area contributed by atoms with Gasteiger partial charge >= 0.3 is 0 Å². The Hall–Kier alpha value is -7.99. The van der Waals surface area contributed by atoms with Crippen molar-refractivity contribution in [1.82, 2.24) is 15.2 Å². The first-order valence-corrected chi connectivity index (χ1v) is 21.2. The molecular weight excluding hydrogens is 755 g/mol. The van der Waals surface area contributed by atoms with Crippen LogP contribution in [0.5, 0.6) is 0 Å². The average molecular weight is 798 g/mol. The summed E-state index contributed by atoms with van der Waals surface area (Å²) in [5, 5.41) is 10.2. The topological polar surface area (TPSA) is 44.6 Å². The molecule has 5 heteroatoms. The smallest absolute Gasteiger partial charge is 0.184 e. The molecule has 5 nitrogen and oxygen atoms in total. The maximum Gasteiger partial charge on any atom is 0.184 e. The van der Waals surface area contributed by atoms with Crippen molar-refractivity contribution in [1.29, 1.82) is 0 Å². The number of hydrogen-bond donors (Lipinski definition) is 2. The quantitative estimate of drug-likeness (QED) is 0.153. The van der Waals surface area contributed by atoms with Gasteiger partial charge in [-0.2, -0.15) is 0 Å². The molecule has 0 fully saturated rings. The fourth-order valence-corrected chi connectivity index (χ4v) is 8.93. The van der Waals surface area contributed by atoms with E-state index < -0.39 is 6.29 Å². The molecule has 1 aliphatic heterocycles. The molecule has 0 bridgehead atoms. The van der Waals surface area contributed by atoms with Crippen LogP contribution in [0.3, 0.4) is 0 Å². The normalized spacial score (nSPS) is 14.9. The average Bonchev–Trinajstić information content (AvgIpc) is 3.70. The Morgan fingerprint density at radius 2 is 0.919 bits per heavy atom. The number of nitrogens with zero attached hydrogens (tertiary/aromatic N) is 3. The van der Waals surface area contributed by atoms with Crippen molar-refractivity contribution in [3.63, 3.8) is 0 Å². The molecule has 11 rings (SSSR count). The Labute approximate surface area is 361 Å². The van der Waals surface area contributed by atoms with Gasteiger partial charge in [0.05, 0.1) is 11.0 Å². The molecule has 0 aliphatic carbocycles. The number of aromatic nitrogens is 1. The van der Waals surface area contributed by atoms with E-state index in [4.69, 9.17) is 4.99 Å². The van der Waals surface area contributed by atoms with Crippen LogP contribution in [0.4, 0.5) is 17.1 Å². The van der Waals surface area contributed by atoms with Crippen molar-refractivity contribution >= 4 is 44.7 Å². The Balaban J connectivity index is 0.997. The molecule has 0 saturated carbocycles. The summed E-state index contributed by atoms with van der Waals surface area (Å²) in [4.78, 5) is 7.77. The lowest BCUT2D eigenvalue weighted by molar-refractivity contribution is 0.341. The van der Waals surface area contributed by atoms with E-state index in [9.17, 15) is 0 Å². The number of para-hydroxylation sites is 4. The van der Waals surface area contributed by atoms with E-state index in [-0.39, 0.29) is 6.17 Å². The molecular formula is C57H43N5. The van der Waals surface area contributed by atoms with Crippen molar-refractivity contribution < 1.29 is 0 Å². The summed E-state index contributed by atoms with van der Waals surface area (Å²) >= 11 is 0. The maximum absolute atomic E-state index is 5.48. The Kier molecular flexibility index (Phi) is 9.69. The van der Waals surface area contributed by atoms with E-state index in [0.717, 1.165) is 67.3 Å². The van der Waals surface area contributed by atoms with Gasteiger partial charge in [0, 0.05) is 39.0 Å². The molecule has 1 aromatic heterocycles. The van der Waals surface area contributed by atoms with Crippen LogP contribution in [0.2, 0.25) is 0 Å². The van der Waals surface area contributed by atoms with E-state index in [1.54, 1.807) is 0 Å². The van der Waals surface area contributed by atoms with Gasteiger partial charge in [-0.1, -0.05) is 182 Å². The minimum absolute atomic E-state index is 0.247. The third-order valence-corrected chi connectivity index (χ3v) is 11.9. The van der Waals surface area contributed by atoms with E-state index in [0.29, 0.717) is 0 Å². The summed E-state index contributed by atoms with van der Waals surface area (Å²) in [7, 11) is 0. The third-order valence-electron chi connectivity index (χ3n) is 11.9. The Morgan fingerprint density at radius 3 is 1.63 bits per heavy atom. The first-order valence-electron chi connectivity index (χ1n) is 21.2. The Morgan fingerprint density at radius 1 is 0.403 bits per heavy atom. The first kappa shape index (κ1) is 37.0. The summed E-state index contributed by atoms with van der Waals surface area (Å²) in [6, 6.07) is 84.1.